The Kier molecular flexibility index (Phi) is 6.38. The predicted octanol–water partition coefficient (Wildman–Crippen LogP) is 4.58. The van der Waals surface area contributed by atoms with E-state index in [1.54, 1.807) is 0 Å². The van der Waals surface area contributed by atoms with Gasteiger partial charge in [0.15, 0.2) is 0 Å². The molecule has 1 rings (SSSR count). The van der Waals surface area contributed by atoms with E-state index in [0.29, 0.717) is 5.76 Å². The predicted molar refractivity (Wildman–Crippen MR) is 95.3 cm³/mol. The summed E-state index contributed by atoms with van der Waals surface area (Å²) in [6.07, 6.45) is 3.69. The van der Waals surface area contributed by atoms with E-state index < -0.39 is 0 Å². The molecule has 0 amide bonds. The molecule has 0 aliphatic carbocycles. The van der Waals surface area contributed by atoms with Crippen LogP contribution < -0.4 is 10.0 Å². The van der Waals surface area contributed by atoms with Crippen LogP contribution in [0.2, 0.25) is 0 Å². The maximum atomic E-state index is 5.87. The molecule has 0 saturated carbocycles. The molecule has 0 radical (unpaired) electrons. The monoisotopic (exact) mass is 351 g/mol. The zero-order valence-electron chi connectivity index (χ0n) is 12.0. The molecule has 0 spiro atoms. The minimum Gasteiger partial charge on any atom is -0.456 e. The van der Waals surface area contributed by atoms with Gasteiger partial charge in [-0.25, -0.2) is 0 Å². The van der Waals surface area contributed by atoms with E-state index in [4.69, 9.17) is 4.74 Å². The lowest BCUT2D eigenvalue weighted by Gasteiger charge is -2.14. The quantitative estimate of drug-likeness (QED) is 0.329. The van der Waals surface area contributed by atoms with Crippen LogP contribution in [0.5, 0.6) is 5.75 Å². The topological polar surface area (TPSA) is 21.6 Å². The van der Waals surface area contributed by atoms with Crippen molar-refractivity contribution >= 4 is 37.2 Å². The second kappa shape index (κ2) is 7.56. The van der Waals surface area contributed by atoms with Crippen LogP contribution in [0, 0.1) is 13.8 Å². The van der Waals surface area contributed by atoms with Gasteiger partial charge in [0.1, 0.15) is 11.5 Å². The molecular weight excluding hydrogens is 333 g/mol. The van der Waals surface area contributed by atoms with Crippen LogP contribution in [0.15, 0.2) is 51.8 Å². The first-order valence-electron chi connectivity index (χ1n) is 6.13. The van der Waals surface area contributed by atoms with Crippen LogP contribution in [0.25, 0.3) is 0 Å². The summed E-state index contributed by atoms with van der Waals surface area (Å²) in [5.74, 6) is 1.37. The molecule has 0 saturated heterocycles. The zero-order valence-corrected chi connectivity index (χ0v) is 14.8. The molecule has 0 aromatic heterocycles. The fourth-order valence-electron chi connectivity index (χ4n) is 1.75. The zero-order chi connectivity index (χ0) is 15.3. The van der Waals surface area contributed by atoms with Crippen molar-refractivity contribution in [1.29, 1.82) is 0 Å². The largest absolute Gasteiger partial charge is 0.456 e. The molecule has 0 heterocycles. The third-order valence-electron chi connectivity index (χ3n) is 2.73. The molecule has 2 nitrogen and oxygen atoms in total. The molecule has 4 heteroatoms. The van der Waals surface area contributed by atoms with Crippen LogP contribution in [0.3, 0.4) is 0 Å². The Bertz CT molecular complexity index is 579. The number of hydrogen-bond acceptors (Lipinski definition) is 2. The first kappa shape index (κ1) is 16.9. The number of allylic oxidation sites excluding steroid dienone is 3. The van der Waals surface area contributed by atoms with Crippen molar-refractivity contribution in [3.63, 3.8) is 0 Å². The minimum atomic E-state index is 0.538. The van der Waals surface area contributed by atoms with Crippen LogP contribution in [0.1, 0.15) is 18.1 Å². The van der Waals surface area contributed by atoms with Crippen molar-refractivity contribution in [2.24, 2.45) is 4.99 Å². The first-order valence-corrected chi connectivity index (χ1v) is 7.50. The summed E-state index contributed by atoms with van der Waals surface area (Å²) in [6, 6.07) is 4.11. The number of ether oxygens (including phenoxy) is 1. The van der Waals surface area contributed by atoms with Gasteiger partial charge in [-0.1, -0.05) is 12.7 Å². The Labute approximate surface area is 131 Å². The van der Waals surface area contributed by atoms with E-state index in [9.17, 15) is 0 Å². The van der Waals surface area contributed by atoms with Gasteiger partial charge in [0.2, 0.25) is 0 Å². The van der Waals surface area contributed by atoms with E-state index in [1.165, 1.54) is 0 Å². The molecule has 0 N–H and O–H groups in total. The molecule has 0 bridgehead atoms. The molecule has 0 aliphatic rings. The van der Waals surface area contributed by atoms with Gasteiger partial charge in [-0.15, -0.1) is 9.24 Å². The van der Waals surface area contributed by atoms with E-state index >= 15 is 0 Å². The normalized spacial score (nSPS) is 12.2. The highest BCUT2D eigenvalue weighted by Gasteiger charge is 2.09. The summed E-state index contributed by atoms with van der Waals surface area (Å²) in [6.45, 7) is 13.4. The van der Waals surface area contributed by atoms with Gasteiger partial charge >= 0.3 is 0 Å². The smallest absolute Gasteiger partial charge is 0.134 e. The SMILES string of the molecule is C=NC(=C/C)/C=C(/Br)C(=C)Oc1c(C)cc(P)cc1C. The summed E-state index contributed by atoms with van der Waals surface area (Å²) in [4.78, 5) is 3.89. The van der Waals surface area contributed by atoms with Crippen molar-refractivity contribution in [3.05, 3.63) is 57.9 Å². The lowest BCUT2D eigenvalue weighted by atomic mass is 10.1. The second-order valence-corrected chi connectivity index (χ2v) is 5.89. The molecule has 1 unspecified atom stereocenters. The number of rotatable bonds is 5. The Balaban J connectivity index is 3.00. The average Bonchev–Trinajstić information content (AvgIpc) is 2.39. The maximum Gasteiger partial charge on any atom is 0.134 e. The van der Waals surface area contributed by atoms with Crippen molar-refractivity contribution in [2.45, 2.75) is 20.8 Å². The van der Waals surface area contributed by atoms with E-state index in [2.05, 4.69) is 55.6 Å². The molecular formula is C16H19BrNOP. The number of hydrogen-bond donors (Lipinski definition) is 0. The van der Waals surface area contributed by atoms with Crippen LogP contribution in [-0.2, 0) is 0 Å². The summed E-state index contributed by atoms with van der Waals surface area (Å²) >= 11 is 3.45. The number of benzene rings is 1. The van der Waals surface area contributed by atoms with E-state index in [1.807, 2.05) is 32.9 Å². The first-order chi connectivity index (χ1) is 9.38. The molecule has 0 fully saturated rings. The molecule has 106 valence electrons. The Hall–Kier alpha value is -1.18. The Morgan fingerprint density at radius 1 is 1.35 bits per heavy atom. The fraction of sp³-hybridized carbons (Fsp3) is 0.188. The standard InChI is InChI=1S/C16H19BrNOP/c1-6-13(18-5)9-15(17)12(4)19-16-10(2)7-14(20)8-11(16)3/h6-9H,4-5,20H2,1-3H3/b13-6+,15-9+. The number of aliphatic imine (C=N–C) groups is 1. The van der Waals surface area contributed by atoms with Crippen molar-refractivity contribution in [1.82, 2.24) is 0 Å². The maximum absolute atomic E-state index is 5.87. The lowest BCUT2D eigenvalue weighted by Crippen LogP contribution is -2.02. The summed E-state index contributed by atoms with van der Waals surface area (Å²) in [5.41, 5.74) is 2.91. The highest BCUT2D eigenvalue weighted by molar-refractivity contribution is 9.11. The van der Waals surface area contributed by atoms with Crippen LogP contribution in [-0.4, -0.2) is 6.72 Å². The molecule has 0 aliphatic heterocycles. The van der Waals surface area contributed by atoms with Crippen LogP contribution in [0.4, 0.5) is 0 Å². The highest BCUT2D eigenvalue weighted by Crippen LogP contribution is 2.28. The van der Waals surface area contributed by atoms with Crippen molar-refractivity contribution in [3.8, 4) is 5.75 Å². The van der Waals surface area contributed by atoms with E-state index in [0.717, 1.165) is 32.4 Å². The van der Waals surface area contributed by atoms with Gasteiger partial charge in [0.05, 0.1) is 10.2 Å². The van der Waals surface area contributed by atoms with Crippen LogP contribution >= 0.6 is 25.2 Å². The molecule has 1 aromatic rings. The third kappa shape index (κ3) is 4.43. The number of halogens is 1. The average molecular weight is 352 g/mol. The van der Waals surface area contributed by atoms with Gasteiger partial charge in [-0.2, -0.15) is 0 Å². The van der Waals surface area contributed by atoms with E-state index in [-0.39, 0.29) is 0 Å². The number of nitrogens with zero attached hydrogens (tertiary/aromatic N) is 1. The summed E-state index contributed by atoms with van der Waals surface area (Å²) in [7, 11) is 2.69. The Morgan fingerprint density at radius 2 is 1.90 bits per heavy atom. The molecule has 20 heavy (non-hydrogen) atoms. The van der Waals surface area contributed by atoms with Crippen molar-refractivity contribution in [2.75, 3.05) is 0 Å². The number of aryl methyl sites for hydroxylation is 2. The molecule has 1 atom stereocenters. The van der Waals surface area contributed by atoms with Gasteiger partial charge in [0.25, 0.3) is 0 Å². The third-order valence-corrected chi connectivity index (χ3v) is 3.73. The van der Waals surface area contributed by atoms with Gasteiger partial charge in [0, 0.05) is 0 Å². The molecule has 1 aromatic carbocycles. The van der Waals surface area contributed by atoms with Gasteiger partial charge in [-0.3, -0.25) is 4.99 Å². The summed E-state index contributed by atoms with van der Waals surface area (Å²) < 4.78 is 6.62. The van der Waals surface area contributed by atoms with Gasteiger partial charge in [-0.05, 0) is 78.1 Å². The minimum absolute atomic E-state index is 0.538. The highest BCUT2D eigenvalue weighted by atomic mass is 79.9. The van der Waals surface area contributed by atoms with Crippen molar-refractivity contribution < 1.29 is 4.74 Å². The summed E-state index contributed by atoms with van der Waals surface area (Å²) in [5, 5.41) is 1.14. The second-order valence-electron chi connectivity index (χ2n) is 4.37. The Morgan fingerprint density at radius 3 is 2.35 bits per heavy atom. The lowest BCUT2D eigenvalue weighted by molar-refractivity contribution is 0.438. The van der Waals surface area contributed by atoms with Gasteiger partial charge < -0.3 is 4.74 Å². The fourth-order valence-corrected chi connectivity index (χ4v) is 2.56.